The molecular formula is C14H16ClKN7O2S2+. The van der Waals surface area contributed by atoms with Crippen molar-refractivity contribution in [1.29, 1.82) is 5.26 Å². The molecule has 3 N–H and O–H groups in total. The van der Waals surface area contributed by atoms with E-state index in [9.17, 15) is 8.42 Å². The monoisotopic (exact) mass is 452 g/mol. The summed E-state index contributed by atoms with van der Waals surface area (Å²) in [6.07, 6.45) is 1.43. The number of halogens is 1. The van der Waals surface area contributed by atoms with E-state index in [-0.39, 0.29) is 68.0 Å². The number of nitrogens with one attached hydrogen (secondary N) is 1. The molecule has 138 valence electrons. The molecule has 0 bridgehead atoms. The number of thioether (sulfide) groups is 1. The van der Waals surface area contributed by atoms with Crippen molar-refractivity contribution in [2.24, 2.45) is 0 Å². The smallest absolute Gasteiger partial charge is 0.368 e. The SMILES string of the molecule is Cc1cc(S(=O)(=O)NC#N)c(SCc2nc(N)nc(N(C)C)n2)cc1Cl.[K+]. The number of nitrogens with two attached hydrogens (primary N) is 1. The van der Waals surface area contributed by atoms with Gasteiger partial charge in [-0.3, -0.25) is 0 Å². The largest absolute Gasteiger partial charge is 1.00 e. The van der Waals surface area contributed by atoms with E-state index >= 15 is 0 Å². The van der Waals surface area contributed by atoms with Crippen molar-refractivity contribution in [3.63, 3.8) is 0 Å². The number of aromatic nitrogens is 3. The normalized spacial score (nSPS) is 10.6. The summed E-state index contributed by atoms with van der Waals surface area (Å²) < 4.78 is 26.3. The van der Waals surface area contributed by atoms with Gasteiger partial charge in [-0.25, -0.2) is 13.1 Å². The summed E-state index contributed by atoms with van der Waals surface area (Å²) >= 11 is 7.29. The molecule has 0 spiro atoms. The fraction of sp³-hybridized carbons (Fsp3) is 0.286. The van der Waals surface area contributed by atoms with Gasteiger partial charge in [0.1, 0.15) is 10.7 Å². The molecule has 0 saturated heterocycles. The number of nitriles is 1. The van der Waals surface area contributed by atoms with Gasteiger partial charge in [-0.1, -0.05) is 11.6 Å². The average Bonchev–Trinajstić information content (AvgIpc) is 2.54. The van der Waals surface area contributed by atoms with Gasteiger partial charge in [0.05, 0.1) is 5.75 Å². The molecule has 9 nitrogen and oxygen atoms in total. The molecule has 2 aromatic rings. The minimum atomic E-state index is -3.99. The Hall–Kier alpha value is -0.654. The average molecular weight is 453 g/mol. The van der Waals surface area contributed by atoms with Crippen LogP contribution in [-0.2, 0) is 15.8 Å². The van der Waals surface area contributed by atoms with Crippen molar-refractivity contribution in [3.8, 4) is 6.19 Å². The molecule has 0 radical (unpaired) electrons. The standard InChI is InChI=1S/C14H16ClN7O2S2.K/c1-8-4-11(26(23,24)18-7-16)10(5-9(8)15)25-6-12-19-13(17)21-14(20-12)22(2)3;/h4-5,18H,6H2,1-3H3,(H2,17,19,20,21);/q;+1. The predicted molar refractivity (Wildman–Crippen MR) is 100 cm³/mol. The van der Waals surface area contributed by atoms with Crippen LogP contribution in [0.2, 0.25) is 5.02 Å². The molecule has 1 aromatic heterocycles. The molecule has 0 aliphatic heterocycles. The van der Waals surface area contributed by atoms with E-state index in [0.717, 1.165) is 11.8 Å². The molecule has 2 rings (SSSR count). The minimum Gasteiger partial charge on any atom is -0.368 e. The van der Waals surface area contributed by atoms with Crippen molar-refractivity contribution in [2.75, 3.05) is 24.7 Å². The molecule has 1 aromatic carbocycles. The summed E-state index contributed by atoms with van der Waals surface area (Å²) in [5.74, 6) is 1.09. The first-order valence-corrected chi connectivity index (χ1v) is 10.0. The van der Waals surface area contributed by atoms with Gasteiger partial charge in [0, 0.05) is 24.0 Å². The molecule has 0 atom stereocenters. The first-order chi connectivity index (χ1) is 12.1. The number of hydrogen-bond donors (Lipinski definition) is 2. The maximum Gasteiger partial charge on any atom is 1.00 e. The van der Waals surface area contributed by atoms with E-state index in [4.69, 9.17) is 22.6 Å². The third-order valence-electron chi connectivity index (χ3n) is 3.14. The van der Waals surface area contributed by atoms with Crippen molar-refractivity contribution in [2.45, 2.75) is 22.5 Å². The number of aryl methyl sites for hydroxylation is 1. The van der Waals surface area contributed by atoms with Crippen molar-refractivity contribution in [1.82, 2.24) is 19.7 Å². The Balaban J connectivity index is 0.00000364. The van der Waals surface area contributed by atoms with Gasteiger partial charge in [-0.05, 0) is 24.6 Å². The van der Waals surface area contributed by atoms with E-state index < -0.39 is 10.0 Å². The summed E-state index contributed by atoms with van der Waals surface area (Å²) in [6.45, 7) is 1.68. The topological polar surface area (TPSA) is 138 Å². The molecule has 0 fully saturated rings. The number of hydrogen-bond acceptors (Lipinski definition) is 9. The molecule has 0 aliphatic rings. The Bertz CT molecular complexity index is 980. The Labute approximate surface area is 209 Å². The number of anilines is 2. The van der Waals surface area contributed by atoms with Gasteiger partial charge < -0.3 is 10.6 Å². The zero-order valence-electron chi connectivity index (χ0n) is 15.2. The van der Waals surface area contributed by atoms with Crippen molar-refractivity contribution < 1.29 is 59.8 Å². The Kier molecular flexibility index (Phi) is 9.23. The van der Waals surface area contributed by atoms with E-state index in [1.54, 1.807) is 25.9 Å². The van der Waals surface area contributed by atoms with Crippen molar-refractivity contribution in [3.05, 3.63) is 28.5 Å². The first kappa shape index (κ1) is 24.4. The minimum absolute atomic E-state index is 0. The summed E-state index contributed by atoms with van der Waals surface area (Å²) in [7, 11) is -0.456. The van der Waals surface area contributed by atoms with Crippen LogP contribution in [0.4, 0.5) is 11.9 Å². The third-order valence-corrected chi connectivity index (χ3v) is 6.00. The summed E-state index contributed by atoms with van der Waals surface area (Å²) in [6, 6.07) is 2.95. The molecule has 0 amide bonds. The fourth-order valence-corrected chi connectivity index (χ4v) is 4.34. The van der Waals surface area contributed by atoms with Gasteiger partial charge in [0.25, 0.3) is 10.0 Å². The molecular weight excluding hydrogens is 437 g/mol. The second kappa shape index (κ2) is 10.2. The predicted octanol–water partition coefficient (Wildman–Crippen LogP) is -1.46. The van der Waals surface area contributed by atoms with E-state index in [2.05, 4.69) is 15.0 Å². The van der Waals surface area contributed by atoms with Gasteiger partial charge >= 0.3 is 51.4 Å². The van der Waals surface area contributed by atoms with Crippen LogP contribution in [0.5, 0.6) is 0 Å². The summed E-state index contributed by atoms with van der Waals surface area (Å²) in [5.41, 5.74) is 6.27. The van der Waals surface area contributed by atoms with Crippen LogP contribution in [0.25, 0.3) is 0 Å². The van der Waals surface area contributed by atoms with Crippen LogP contribution in [0.1, 0.15) is 11.4 Å². The molecule has 1 heterocycles. The van der Waals surface area contributed by atoms with E-state index in [1.165, 1.54) is 18.3 Å². The molecule has 13 heteroatoms. The maximum atomic E-state index is 12.3. The number of sulfonamides is 1. The van der Waals surface area contributed by atoms with E-state index in [1.807, 2.05) is 4.72 Å². The number of nitrogens with zero attached hydrogens (tertiary/aromatic N) is 5. The molecule has 0 aliphatic carbocycles. The second-order valence-corrected chi connectivity index (χ2v) is 8.43. The van der Waals surface area contributed by atoms with Gasteiger partial charge in [0.15, 0.2) is 6.19 Å². The Morgan fingerprint density at radius 2 is 2.00 bits per heavy atom. The Morgan fingerprint density at radius 1 is 1.33 bits per heavy atom. The van der Waals surface area contributed by atoms with Crippen LogP contribution >= 0.6 is 23.4 Å². The number of nitrogen functional groups attached to an aromatic ring is 1. The van der Waals surface area contributed by atoms with Crippen LogP contribution in [0, 0.1) is 18.4 Å². The van der Waals surface area contributed by atoms with Crippen molar-refractivity contribution >= 4 is 45.3 Å². The summed E-state index contributed by atoms with van der Waals surface area (Å²) in [5, 5.41) is 9.09. The Morgan fingerprint density at radius 3 is 2.59 bits per heavy atom. The van der Waals surface area contributed by atoms with Gasteiger partial charge in [-0.15, -0.1) is 11.8 Å². The van der Waals surface area contributed by atoms with Gasteiger partial charge in [-0.2, -0.15) is 20.2 Å². The maximum absolute atomic E-state index is 12.3. The first-order valence-electron chi connectivity index (χ1n) is 7.15. The molecule has 0 saturated carbocycles. The zero-order valence-corrected chi connectivity index (χ0v) is 20.7. The second-order valence-electron chi connectivity index (χ2n) is 5.36. The molecule has 0 unspecified atom stereocenters. The van der Waals surface area contributed by atoms with Crippen LogP contribution < -0.4 is 66.7 Å². The third kappa shape index (κ3) is 6.43. The van der Waals surface area contributed by atoms with Crippen LogP contribution in [0.15, 0.2) is 21.9 Å². The number of benzene rings is 1. The van der Waals surface area contributed by atoms with E-state index in [0.29, 0.717) is 27.3 Å². The van der Waals surface area contributed by atoms with Gasteiger partial charge in [0.2, 0.25) is 11.9 Å². The fourth-order valence-electron chi connectivity index (χ4n) is 1.91. The summed E-state index contributed by atoms with van der Waals surface area (Å²) in [4.78, 5) is 14.3. The van der Waals surface area contributed by atoms with Crippen LogP contribution in [-0.4, -0.2) is 37.5 Å². The van der Waals surface area contributed by atoms with Crippen LogP contribution in [0.3, 0.4) is 0 Å². The quantitative estimate of drug-likeness (QED) is 0.233. The zero-order chi connectivity index (χ0) is 19.5. The number of rotatable bonds is 6. The molecule has 27 heavy (non-hydrogen) atoms.